The van der Waals surface area contributed by atoms with E-state index in [4.69, 9.17) is 4.74 Å². The van der Waals surface area contributed by atoms with E-state index in [1.807, 2.05) is 25.6 Å². The molecule has 0 amide bonds. The number of benzene rings is 2. The maximum atomic E-state index is 6.46. The van der Waals surface area contributed by atoms with Crippen molar-refractivity contribution in [2.24, 2.45) is 7.05 Å². The Morgan fingerprint density at radius 2 is 1.76 bits per heavy atom. The lowest BCUT2D eigenvalue weighted by atomic mass is 9.94. The van der Waals surface area contributed by atoms with Gasteiger partial charge in [-0.05, 0) is 29.5 Å². The van der Waals surface area contributed by atoms with Crippen molar-refractivity contribution in [2.75, 3.05) is 18.4 Å². The Labute approximate surface area is 201 Å². The van der Waals surface area contributed by atoms with Crippen LogP contribution in [0.15, 0.2) is 85.3 Å². The second-order valence-electron chi connectivity index (χ2n) is 8.83. The van der Waals surface area contributed by atoms with Gasteiger partial charge in [-0.2, -0.15) is 5.10 Å². The van der Waals surface area contributed by atoms with Crippen LogP contribution in [0.2, 0.25) is 0 Å². The van der Waals surface area contributed by atoms with Crippen LogP contribution in [0.3, 0.4) is 0 Å². The first kappa shape index (κ1) is 22.2. The average Bonchev–Trinajstić information content (AvgIpc) is 3.33. The summed E-state index contributed by atoms with van der Waals surface area (Å²) in [4.78, 5) is 4.64. The summed E-state index contributed by atoms with van der Waals surface area (Å²) in [5, 5.41) is 11.6. The summed E-state index contributed by atoms with van der Waals surface area (Å²) in [6.45, 7) is 3.82. The summed E-state index contributed by atoms with van der Waals surface area (Å²) in [5.74, 6) is 1.08. The molecule has 34 heavy (non-hydrogen) atoms. The monoisotopic (exact) mass is 453 g/mol. The number of hydrogen-bond donors (Lipinski definition) is 2. The molecule has 0 unspecified atom stereocenters. The van der Waals surface area contributed by atoms with Gasteiger partial charge in [0, 0.05) is 37.1 Å². The third-order valence-corrected chi connectivity index (χ3v) is 6.52. The van der Waals surface area contributed by atoms with E-state index in [1.54, 1.807) is 4.68 Å². The summed E-state index contributed by atoms with van der Waals surface area (Å²) in [7, 11) is 1.92. The number of anilines is 1. The molecule has 0 radical (unpaired) electrons. The molecule has 1 aliphatic heterocycles. The molecule has 0 saturated heterocycles. The molecule has 2 N–H and O–H groups in total. The van der Waals surface area contributed by atoms with Gasteiger partial charge in [-0.3, -0.25) is 4.68 Å². The van der Waals surface area contributed by atoms with Crippen LogP contribution in [0.4, 0.5) is 5.69 Å². The van der Waals surface area contributed by atoms with Gasteiger partial charge in [0.25, 0.3) is 0 Å². The zero-order valence-corrected chi connectivity index (χ0v) is 19.7. The lowest BCUT2D eigenvalue weighted by Crippen LogP contribution is -2.43. The molecular weight excluding hydrogens is 422 g/mol. The predicted molar refractivity (Wildman–Crippen MR) is 136 cm³/mol. The van der Waals surface area contributed by atoms with E-state index in [9.17, 15) is 0 Å². The number of ether oxygens (including phenoxy) is 1. The van der Waals surface area contributed by atoms with Crippen molar-refractivity contribution < 1.29 is 4.74 Å². The van der Waals surface area contributed by atoms with Gasteiger partial charge in [0.05, 0.1) is 24.5 Å². The molecule has 6 nitrogen and oxygen atoms in total. The van der Waals surface area contributed by atoms with Gasteiger partial charge in [0.15, 0.2) is 0 Å². The van der Waals surface area contributed by atoms with Crippen LogP contribution in [0.25, 0.3) is 11.1 Å². The molecule has 3 heterocycles. The molecule has 0 spiro atoms. The summed E-state index contributed by atoms with van der Waals surface area (Å²) < 4.78 is 8.25. The van der Waals surface area contributed by atoms with E-state index in [1.165, 1.54) is 11.1 Å². The SMILES string of the molecule is CC[C@@H](CN[C@H](c1ccccc1)[C@@H]1CNc2cc(-c3cnn(C)c3)cnc2O1)c1ccccc1. The minimum Gasteiger partial charge on any atom is -0.469 e. The first-order chi connectivity index (χ1) is 16.7. The Hall–Kier alpha value is -3.64. The highest BCUT2D eigenvalue weighted by Gasteiger charge is 2.30. The number of rotatable bonds is 8. The molecule has 3 atom stereocenters. The highest BCUT2D eigenvalue weighted by atomic mass is 16.5. The first-order valence-corrected chi connectivity index (χ1v) is 11.9. The van der Waals surface area contributed by atoms with Gasteiger partial charge in [-0.15, -0.1) is 0 Å². The third kappa shape index (κ3) is 4.82. The molecule has 0 fully saturated rings. The van der Waals surface area contributed by atoms with Crippen molar-refractivity contribution in [1.82, 2.24) is 20.1 Å². The average molecular weight is 454 g/mol. The van der Waals surface area contributed by atoms with Crippen molar-refractivity contribution in [3.05, 3.63) is 96.4 Å². The molecular formula is C28H31N5O. The van der Waals surface area contributed by atoms with E-state index in [0.717, 1.165) is 29.8 Å². The fourth-order valence-electron chi connectivity index (χ4n) is 4.60. The van der Waals surface area contributed by atoms with Crippen LogP contribution < -0.4 is 15.4 Å². The Bertz CT molecular complexity index is 1210. The van der Waals surface area contributed by atoms with Crippen molar-refractivity contribution in [3.63, 3.8) is 0 Å². The van der Waals surface area contributed by atoms with Gasteiger partial charge < -0.3 is 15.4 Å². The van der Waals surface area contributed by atoms with Gasteiger partial charge in [0.1, 0.15) is 6.10 Å². The first-order valence-electron chi connectivity index (χ1n) is 11.9. The molecule has 0 saturated carbocycles. The fourth-order valence-corrected chi connectivity index (χ4v) is 4.60. The second-order valence-corrected chi connectivity index (χ2v) is 8.83. The number of hydrogen-bond acceptors (Lipinski definition) is 5. The van der Waals surface area contributed by atoms with Crippen molar-refractivity contribution in [1.29, 1.82) is 0 Å². The topological polar surface area (TPSA) is 64.0 Å². The fraction of sp³-hybridized carbons (Fsp3) is 0.286. The summed E-state index contributed by atoms with van der Waals surface area (Å²) in [6, 6.07) is 23.4. The van der Waals surface area contributed by atoms with Crippen molar-refractivity contribution in [3.8, 4) is 17.0 Å². The molecule has 4 aromatic rings. The highest BCUT2D eigenvalue weighted by molar-refractivity contribution is 5.69. The maximum Gasteiger partial charge on any atom is 0.237 e. The highest BCUT2D eigenvalue weighted by Crippen LogP contribution is 2.34. The van der Waals surface area contributed by atoms with E-state index < -0.39 is 0 Å². The number of aryl methyl sites for hydroxylation is 1. The third-order valence-electron chi connectivity index (χ3n) is 6.52. The molecule has 5 rings (SSSR count). The van der Waals surface area contributed by atoms with Gasteiger partial charge in [-0.25, -0.2) is 4.98 Å². The van der Waals surface area contributed by atoms with Crippen LogP contribution in [0, 0.1) is 0 Å². The largest absolute Gasteiger partial charge is 0.469 e. The van der Waals surface area contributed by atoms with Crippen LogP contribution in [0.1, 0.15) is 36.4 Å². The van der Waals surface area contributed by atoms with E-state index in [2.05, 4.69) is 94.4 Å². The lowest BCUT2D eigenvalue weighted by Gasteiger charge is -2.34. The molecule has 6 heteroatoms. The summed E-state index contributed by atoms with van der Waals surface area (Å²) >= 11 is 0. The van der Waals surface area contributed by atoms with E-state index in [-0.39, 0.29) is 12.1 Å². The Morgan fingerprint density at radius 3 is 2.44 bits per heavy atom. The standard InChI is InChI=1S/C28H31N5O/c1-3-20(21-10-6-4-7-11-21)15-30-27(22-12-8-5-9-13-22)26-18-29-25-14-23(16-31-28(25)34-26)24-17-32-33(2)19-24/h4-14,16-17,19-20,26-27,29-30H,3,15,18H2,1-2H3/t20-,26-,27+/m0/s1. The predicted octanol–water partition coefficient (Wildman–Crippen LogP) is 5.18. The molecule has 174 valence electrons. The van der Waals surface area contributed by atoms with Crippen molar-refractivity contribution in [2.45, 2.75) is 31.4 Å². The number of nitrogens with one attached hydrogen (secondary N) is 2. The second kappa shape index (κ2) is 10.1. The number of aromatic nitrogens is 3. The van der Waals surface area contributed by atoms with Crippen LogP contribution >= 0.6 is 0 Å². The Balaban J connectivity index is 1.35. The number of pyridine rings is 1. The van der Waals surface area contributed by atoms with Gasteiger partial charge in [0.2, 0.25) is 5.88 Å². The zero-order chi connectivity index (χ0) is 23.3. The summed E-state index contributed by atoms with van der Waals surface area (Å²) in [6.07, 6.45) is 6.68. The lowest BCUT2D eigenvalue weighted by molar-refractivity contribution is 0.149. The number of nitrogens with zero attached hydrogens (tertiary/aromatic N) is 3. The number of fused-ring (bicyclic) bond motifs is 1. The minimum absolute atomic E-state index is 0.0411. The Morgan fingerprint density at radius 1 is 1.03 bits per heavy atom. The van der Waals surface area contributed by atoms with Crippen LogP contribution in [-0.4, -0.2) is 34.0 Å². The smallest absolute Gasteiger partial charge is 0.237 e. The van der Waals surface area contributed by atoms with Crippen LogP contribution in [0.5, 0.6) is 5.88 Å². The minimum atomic E-state index is -0.0834. The molecule has 2 aromatic carbocycles. The van der Waals surface area contributed by atoms with E-state index in [0.29, 0.717) is 18.3 Å². The van der Waals surface area contributed by atoms with Gasteiger partial charge >= 0.3 is 0 Å². The molecule has 2 aromatic heterocycles. The van der Waals surface area contributed by atoms with Crippen LogP contribution in [-0.2, 0) is 7.05 Å². The van der Waals surface area contributed by atoms with Gasteiger partial charge in [-0.1, -0.05) is 67.6 Å². The molecule has 0 aliphatic carbocycles. The molecule has 0 bridgehead atoms. The van der Waals surface area contributed by atoms with Crippen molar-refractivity contribution >= 4 is 5.69 Å². The quantitative estimate of drug-likeness (QED) is 0.385. The summed E-state index contributed by atoms with van der Waals surface area (Å²) in [5.41, 5.74) is 5.56. The molecule has 1 aliphatic rings. The normalized spacial score (nSPS) is 16.7. The maximum absolute atomic E-state index is 6.46. The Kier molecular flexibility index (Phi) is 6.58. The zero-order valence-electron chi connectivity index (χ0n) is 19.7. The van der Waals surface area contributed by atoms with E-state index >= 15 is 0 Å².